The third-order valence-corrected chi connectivity index (χ3v) is 7.50. The second-order valence-corrected chi connectivity index (χ2v) is 10.3. The summed E-state index contributed by atoms with van der Waals surface area (Å²) in [5.74, 6) is 0.247. The van der Waals surface area contributed by atoms with Crippen LogP contribution in [0.1, 0.15) is 23.0 Å². The maximum atomic E-state index is 13.8. The molecule has 0 bridgehead atoms. The van der Waals surface area contributed by atoms with Crippen molar-refractivity contribution in [1.29, 1.82) is 0 Å². The molecule has 12 nitrogen and oxygen atoms in total. The van der Waals surface area contributed by atoms with Gasteiger partial charge in [0.05, 0.1) is 42.9 Å². The number of methoxy groups -OCH3 is 1. The molecule has 6 rings (SSSR count). The summed E-state index contributed by atoms with van der Waals surface area (Å²) < 4.78 is 20.3. The topological polar surface area (TPSA) is 144 Å². The maximum Gasteiger partial charge on any atom is 0.372 e. The van der Waals surface area contributed by atoms with Crippen molar-refractivity contribution in [1.82, 2.24) is 24.5 Å². The zero-order chi connectivity index (χ0) is 26.8. The molecule has 13 heteroatoms. The van der Waals surface area contributed by atoms with E-state index in [4.69, 9.17) is 14.2 Å². The monoisotopic (exact) mass is 539 g/mol. The molecule has 0 saturated carbocycles. The highest BCUT2D eigenvalue weighted by Crippen LogP contribution is 2.46. The smallest absolute Gasteiger partial charge is 0.372 e. The highest BCUT2D eigenvalue weighted by Gasteiger charge is 2.53. The van der Waals surface area contributed by atoms with E-state index in [9.17, 15) is 20.1 Å². The number of aromatic nitrogens is 4. The van der Waals surface area contributed by atoms with E-state index < -0.39 is 17.5 Å². The van der Waals surface area contributed by atoms with Crippen LogP contribution < -0.4 is 9.47 Å². The third-order valence-electron chi connectivity index (χ3n) is 6.83. The molecule has 1 amide bonds. The van der Waals surface area contributed by atoms with E-state index >= 15 is 0 Å². The molecule has 1 saturated heterocycles. The van der Waals surface area contributed by atoms with Crippen LogP contribution in [0.5, 0.6) is 11.5 Å². The summed E-state index contributed by atoms with van der Waals surface area (Å²) in [6, 6.07) is 7.41. The molecule has 38 heavy (non-hydrogen) atoms. The Balaban J connectivity index is 1.57. The molecule has 2 aliphatic rings. The minimum atomic E-state index is -3.43. The molecule has 4 aromatic rings. The van der Waals surface area contributed by atoms with E-state index in [0.717, 1.165) is 11.3 Å². The van der Waals surface area contributed by atoms with E-state index in [1.807, 2.05) is 36.0 Å². The van der Waals surface area contributed by atoms with Gasteiger partial charge < -0.3 is 29.5 Å². The van der Waals surface area contributed by atoms with Crippen molar-refractivity contribution in [3.8, 4) is 39.7 Å². The molecule has 3 aromatic heterocycles. The number of nitrogens with zero attached hydrogens (tertiary/aromatic N) is 5. The van der Waals surface area contributed by atoms with Crippen LogP contribution in [-0.4, -0.2) is 77.6 Å². The van der Waals surface area contributed by atoms with Crippen molar-refractivity contribution >= 4 is 17.2 Å². The van der Waals surface area contributed by atoms with E-state index in [0.29, 0.717) is 38.9 Å². The molecular formula is C25H25N5O7S. The molecule has 0 atom stereocenters. The van der Waals surface area contributed by atoms with Gasteiger partial charge >= 0.3 is 6.10 Å². The van der Waals surface area contributed by atoms with Crippen LogP contribution in [0.2, 0.25) is 0 Å². The van der Waals surface area contributed by atoms with Gasteiger partial charge in [0, 0.05) is 41.4 Å². The predicted octanol–water partition coefficient (Wildman–Crippen LogP) is 1.72. The van der Waals surface area contributed by atoms with E-state index in [2.05, 4.69) is 10.2 Å². The number of rotatable bonds is 6. The van der Waals surface area contributed by atoms with Gasteiger partial charge in [0.1, 0.15) is 18.1 Å². The molecule has 0 unspecified atom stereocenters. The van der Waals surface area contributed by atoms with Gasteiger partial charge in [0.25, 0.3) is 5.91 Å². The van der Waals surface area contributed by atoms with Crippen molar-refractivity contribution in [2.24, 2.45) is 7.05 Å². The Kier molecular flexibility index (Phi) is 5.59. The van der Waals surface area contributed by atoms with Crippen LogP contribution in [0.25, 0.3) is 28.2 Å². The zero-order valence-electron chi connectivity index (χ0n) is 20.8. The molecule has 5 heterocycles. The molecule has 198 valence electrons. The number of hydrogen-bond donors (Lipinski definition) is 3. The largest absolute Gasteiger partial charge is 0.496 e. The van der Waals surface area contributed by atoms with Crippen molar-refractivity contribution in [3.05, 3.63) is 52.5 Å². The second-order valence-electron chi connectivity index (χ2n) is 9.48. The minimum Gasteiger partial charge on any atom is -0.496 e. The maximum absolute atomic E-state index is 13.8. The number of carbonyl (C=O) groups is 1. The first-order valence-electron chi connectivity index (χ1n) is 11.7. The number of aliphatic hydroxyl groups is 3. The van der Waals surface area contributed by atoms with E-state index in [-0.39, 0.29) is 25.5 Å². The first-order valence-corrected chi connectivity index (χ1v) is 12.6. The summed E-state index contributed by atoms with van der Waals surface area (Å²) in [6.07, 6.45) is -1.74. The van der Waals surface area contributed by atoms with Gasteiger partial charge in [-0.25, -0.2) is 4.68 Å². The number of hydrogen-bond acceptors (Lipinski definition) is 10. The molecular weight excluding hydrogens is 514 g/mol. The molecule has 0 spiro atoms. The quantitative estimate of drug-likeness (QED) is 0.312. The van der Waals surface area contributed by atoms with Crippen LogP contribution in [0, 0.1) is 0 Å². The minimum absolute atomic E-state index is 0.0158. The molecule has 0 aliphatic carbocycles. The number of thiophene rings is 1. The van der Waals surface area contributed by atoms with E-state index in [1.165, 1.54) is 11.3 Å². The Hall–Kier alpha value is -3.75. The number of aryl methyl sites for hydroxylation is 1. The number of fused-ring (bicyclic) bond motifs is 3. The van der Waals surface area contributed by atoms with Gasteiger partial charge in [0.2, 0.25) is 0 Å². The Bertz CT molecular complexity index is 1530. The standard InChI is InChI=1S/C25H25N5O7S/c1-24(12-36-13-24)30(25(32,33)34)23(31)21-17-10-37-20-9-19(35-3)15(18-4-6-26-28(18)2)8-16(20)22(17)29(27-21)14-5-7-38-11-14/h4-9,11,32-34H,10,12-13H2,1-3H3. The lowest BCUT2D eigenvalue weighted by molar-refractivity contribution is -0.405. The molecule has 3 N–H and O–H groups in total. The lowest BCUT2D eigenvalue weighted by atomic mass is 9.95. The summed E-state index contributed by atoms with van der Waals surface area (Å²) in [6.45, 7) is 1.61. The average molecular weight is 540 g/mol. The first-order chi connectivity index (χ1) is 18.1. The van der Waals surface area contributed by atoms with Crippen molar-refractivity contribution in [2.45, 2.75) is 25.2 Å². The fourth-order valence-corrected chi connectivity index (χ4v) is 5.61. The number of amides is 1. The molecule has 0 radical (unpaired) electrons. The Morgan fingerprint density at radius 2 is 2.03 bits per heavy atom. The van der Waals surface area contributed by atoms with Gasteiger partial charge in [-0.05, 0) is 30.5 Å². The summed E-state index contributed by atoms with van der Waals surface area (Å²) >= 11 is 1.47. The fraction of sp³-hybridized carbons (Fsp3) is 0.320. The molecule has 2 aliphatic heterocycles. The Morgan fingerprint density at radius 1 is 1.24 bits per heavy atom. The Morgan fingerprint density at radius 3 is 2.61 bits per heavy atom. The summed E-state index contributed by atoms with van der Waals surface area (Å²) in [5, 5.41) is 43.2. The van der Waals surface area contributed by atoms with Crippen LogP contribution in [-0.2, 0) is 18.4 Å². The summed E-state index contributed by atoms with van der Waals surface area (Å²) in [4.78, 5) is 14.4. The zero-order valence-corrected chi connectivity index (χ0v) is 21.6. The van der Waals surface area contributed by atoms with Crippen molar-refractivity contribution in [3.63, 3.8) is 0 Å². The lowest BCUT2D eigenvalue weighted by Crippen LogP contribution is -2.69. The van der Waals surface area contributed by atoms with Crippen molar-refractivity contribution < 1.29 is 34.3 Å². The summed E-state index contributed by atoms with van der Waals surface area (Å²) in [5.41, 5.74) is 2.75. The SMILES string of the molecule is COc1cc2c(cc1-c1ccnn1C)-c1c(c(C(=O)N(C(O)(O)O)C3(C)COC3)nn1-c1ccsc1)CO2. The first kappa shape index (κ1) is 24.6. The average Bonchev–Trinajstić information content (AvgIpc) is 3.60. The molecule has 1 fully saturated rings. The van der Waals surface area contributed by atoms with Gasteiger partial charge in [-0.3, -0.25) is 14.4 Å². The van der Waals surface area contributed by atoms with Crippen LogP contribution in [0.4, 0.5) is 0 Å². The highest BCUT2D eigenvalue weighted by atomic mass is 32.1. The number of benzene rings is 1. The van der Waals surface area contributed by atoms with E-state index in [1.54, 1.807) is 35.7 Å². The summed E-state index contributed by atoms with van der Waals surface area (Å²) in [7, 11) is 3.40. The van der Waals surface area contributed by atoms with Gasteiger partial charge in [-0.15, -0.1) is 0 Å². The Labute approximate surface area is 220 Å². The van der Waals surface area contributed by atoms with Gasteiger partial charge in [0.15, 0.2) is 5.69 Å². The van der Waals surface area contributed by atoms with Crippen LogP contribution >= 0.6 is 11.3 Å². The highest BCUT2D eigenvalue weighted by molar-refractivity contribution is 7.08. The number of carbonyl (C=O) groups excluding carboxylic acids is 1. The van der Waals surface area contributed by atoms with Gasteiger partial charge in [-0.2, -0.15) is 21.5 Å². The fourth-order valence-electron chi connectivity index (χ4n) is 5.00. The lowest BCUT2D eigenvalue weighted by Gasteiger charge is -2.49. The van der Waals surface area contributed by atoms with Crippen LogP contribution in [0.3, 0.4) is 0 Å². The second kappa shape index (κ2) is 8.64. The normalized spacial score (nSPS) is 15.7. The van der Waals surface area contributed by atoms with Gasteiger partial charge in [-0.1, -0.05) is 0 Å². The molecule has 1 aromatic carbocycles. The number of ether oxygens (including phenoxy) is 3. The van der Waals surface area contributed by atoms with Crippen LogP contribution in [0.15, 0.2) is 41.2 Å². The third kappa shape index (κ3) is 3.70. The van der Waals surface area contributed by atoms with Crippen molar-refractivity contribution in [2.75, 3.05) is 20.3 Å². The predicted molar refractivity (Wildman–Crippen MR) is 135 cm³/mol.